The van der Waals surface area contributed by atoms with Crippen molar-refractivity contribution in [3.63, 3.8) is 0 Å². The summed E-state index contributed by atoms with van der Waals surface area (Å²) in [6, 6.07) is 3.38. The summed E-state index contributed by atoms with van der Waals surface area (Å²) in [5.74, 6) is 2.38. The van der Waals surface area contributed by atoms with Crippen LogP contribution in [0.5, 0.6) is 11.8 Å². The van der Waals surface area contributed by atoms with Crippen molar-refractivity contribution in [1.29, 1.82) is 0 Å². The highest BCUT2D eigenvalue weighted by Crippen LogP contribution is 2.39. The molecule has 2 aromatic rings. The van der Waals surface area contributed by atoms with Crippen LogP contribution in [0.15, 0.2) is 16.7 Å². The number of rotatable bonds is 8. The van der Waals surface area contributed by atoms with Gasteiger partial charge in [-0.3, -0.25) is 4.79 Å². The lowest BCUT2D eigenvalue weighted by molar-refractivity contribution is -0.124. The molecule has 0 saturated carbocycles. The van der Waals surface area contributed by atoms with Gasteiger partial charge in [-0.25, -0.2) is 0 Å². The lowest BCUT2D eigenvalue weighted by Gasteiger charge is -2.46. The van der Waals surface area contributed by atoms with Gasteiger partial charge in [-0.05, 0) is 37.7 Å². The standard InChI is InChI=1S/C23H32N4O6/c1-29-12-7-18-24-20(33-26-18)14-16-6-13-32-23(15-16)8-10-27(11-9-23)22(28)17-4-5-19(30-2)25-21(17)31-3/h4-5,16H,6-15H2,1-3H3. The third kappa shape index (κ3) is 5.44. The Morgan fingerprint density at radius 2 is 2.00 bits per heavy atom. The van der Waals surface area contributed by atoms with Crippen LogP contribution >= 0.6 is 0 Å². The van der Waals surface area contributed by atoms with Crippen molar-refractivity contribution in [2.24, 2.45) is 5.92 Å². The van der Waals surface area contributed by atoms with Crippen molar-refractivity contribution in [3.8, 4) is 11.8 Å². The van der Waals surface area contributed by atoms with Gasteiger partial charge in [-0.2, -0.15) is 9.97 Å². The molecule has 2 aromatic heterocycles. The van der Waals surface area contributed by atoms with E-state index in [1.807, 2.05) is 4.90 Å². The van der Waals surface area contributed by atoms with Gasteiger partial charge in [-0.1, -0.05) is 5.16 Å². The summed E-state index contributed by atoms with van der Waals surface area (Å²) in [6.45, 7) is 2.54. The minimum Gasteiger partial charge on any atom is -0.481 e. The number of ether oxygens (including phenoxy) is 4. The molecule has 0 aromatic carbocycles. The molecular formula is C23H32N4O6. The van der Waals surface area contributed by atoms with Gasteiger partial charge in [-0.15, -0.1) is 0 Å². The van der Waals surface area contributed by atoms with Crippen molar-refractivity contribution in [3.05, 3.63) is 29.4 Å². The van der Waals surface area contributed by atoms with Crippen LogP contribution in [0.3, 0.4) is 0 Å². The van der Waals surface area contributed by atoms with Gasteiger partial charge in [0.05, 0.1) is 26.4 Å². The van der Waals surface area contributed by atoms with Gasteiger partial charge in [0.25, 0.3) is 5.91 Å². The number of hydrogen-bond donors (Lipinski definition) is 0. The molecule has 4 rings (SSSR count). The van der Waals surface area contributed by atoms with Gasteiger partial charge >= 0.3 is 0 Å². The van der Waals surface area contributed by atoms with E-state index in [4.69, 9.17) is 23.5 Å². The molecule has 10 heteroatoms. The second-order valence-corrected chi connectivity index (χ2v) is 8.64. The summed E-state index contributed by atoms with van der Waals surface area (Å²) in [7, 11) is 4.69. The van der Waals surface area contributed by atoms with Crippen LogP contribution in [-0.4, -0.2) is 79.2 Å². The molecule has 10 nitrogen and oxygen atoms in total. The molecular weight excluding hydrogens is 428 g/mol. The first-order chi connectivity index (χ1) is 16.1. The molecule has 2 fully saturated rings. The number of piperidine rings is 1. The van der Waals surface area contributed by atoms with E-state index in [-0.39, 0.29) is 17.4 Å². The van der Waals surface area contributed by atoms with E-state index in [1.54, 1.807) is 19.2 Å². The highest BCUT2D eigenvalue weighted by molar-refractivity contribution is 5.96. The Morgan fingerprint density at radius 1 is 1.18 bits per heavy atom. The fourth-order valence-corrected chi connectivity index (χ4v) is 4.71. The normalized spacial score (nSPS) is 20.1. The largest absolute Gasteiger partial charge is 0.481 e. The smallest absolute Gasteiger partial charge is 0.259 e. The lowest BCUT2D eigenvalue weighted by Crippen LogP contribution is -2.51. The molecule has 1 unspecified atom stereocenters. The molecule has 180 valence electrons. The minimum atomic E-state index is -0.207. The minimum absolute atomic E-state index is 0.0846. The van der Waals surface area contributed by atoms with Crippen LogP contribution < -0.4 is 9.47 Å². The molecule has 0 N–H and O–H groups in total. The summed E-state index contributed by atoms with van der Waals surface area (Å²) < 4.78 is 27.2. The molecule has 33 heavy (non-hydrogen) atoms. The SMILES string of the molecule is COCCc1noc(CC2CCOC3(CCN(C(=O)c4ccc(OC)nc4OC)CC3)C2)n1. The van der Waals surface area contributed by atoms with E-state index in [9.17, 15) is 4.79 Å². The molecule has 0 radical (unpaired) electrons. The second-order valence-electron chi connectivity index (χ2n) is 8.64. The zero-order valence-electron chi connectivity index (χ0n) is 19.5. The van der Waals surface area contributed by atoms with E-state index < -0.39 is 0 Å². The van der Waals surface area contributed by atoms with E-state index in [0.717, 1.165) is 32.1 Å². The van der Waals surface area contributed by atoms with Crippen LogP contribution in [0.4, 0.5) is 0 Å². The Bertz CT molecular complexity index is 941. The average Bonchev–Trinajstić information content (AvgIpc) is 3.29. The van der Waals surface area contributed by atoms with Crippen molar-refractivity contribution in [2.45, 2.75) is 44.1 Å². The molecule has 1 amide bonds. The first kappa shape index (κ1) is 23.4. The number of hydrogen-bond acceptors (Lipinski definition) is 9. The fourth-order valence-electron chi connectivity index (χ4n) is 4.71. The van der Waals surface area contributed by atoms with Gasteiger partial charge in [0.2, 0.25) is 17.7 Å². The van der Waals surface area contributed by atoms with E-state index in [2.05, 4.69) is 15.1 Å². The third-order valence-corrected chi connectivity index (χ3v) is 6.53. The Balaban J connectivity index is 1.34. The van der Waals surface area contributed by atoms with E-state index in [0.29, 0.717) is 61.8 Å². The Morgan fingerprint density at radius 3 is 2.73 bits per heavy atom. The van der Waals surface area contributed by atoms with Crippen LogP contribution in [-0.2, 0) is 22.3 Å². The van der Waals surface area contributed by atoms with Crippen molar-refractivity contribution >= 4 is 5.91 Å². The number of nitrogens with zero attached hydrogens (tertiary/aromatic N) is 4. The maximum Gasteiger partial charge on any atom is 0.259 e. The molecule has 4 heterocycles. The molecule has 0 bridgehead atoms. The fraction of sp³-hybridized carbons (Fsp3) is 0.652. The van der Waals surface area contributed by atoms with Crippen molar-refractivity contribution in [1.82, 2.24) is 20.0 Å². The highest BCUT2D eigenvalue weighted by Gasteiger charge is 2.42. The molecule has 1 spiro atoms. The van der Waals surface area contributed by atoms with Gasteiger partial charge in [0, 0.05) is 45.7 Å². The number of pyridine rings is 1. The number of carbonyl (C=O) groups excluding carboxylic acids is 1. The Labute approximate surface area is 193 Å². The highest BCUT2D eigenvalue weighted by atomic mass is 16.5. The Hall–Kier alpha value is -2.72. The van der Waals surface area contributed by atoms with Crippen LogP contribution in [0, 0.1) is 5.92 Å². The zero-order valence-corrected chi connectivity index (χ0v) is 19.5. The van der Waals surface area contributed by atoms with Gasteiger partial charge in [0.1, 0.15) is 5.56 Å². The summed E-state index contributed by atoms with van der Waals surface area (Å²) >= 11 is 0. The number of aromatic nitrogens is 3. The van der Waals surface area contributed by atoms with Crippen LogP contribution in [0.2, 0.25) is 0 Å². The molecule has 2 aliphatic heterocycles. The molecule has 1 atom stereocenters. The van der Waals surface area contributed by atoms with Gasteiger partial charge < -0.3 is 28.4 Å². The maximum absolute atomic E-state index is 13.1. The second kappa shape index (κ2) is 10.5. The summed E-state index contributed by atoms with van der Waals surface area (Å²) in [6.07, 6.45) is 4.89. The first-order valence-corrected chi connectivity index (χ1v) is 11.4. The van der Waals surface area contributed by atoms with E-state index >= 15 is 0 Å². The number of likely N-dealkylation sites (tertiary alicyclic amines) is 1. The molecule has 2 saturated heterocycles. The zero-order chi connectivity index (χ0) is 23.3. The number of methoxy groups -OCH3 is 3. The molecule has 0 aliphatic carbocycles. The van der Waals surface area contributed by atoms with Gasteiger partial charge in [0.15, 0.2) is 5.82 Å². The summed E-state index contributed by atoms with van der Waals surface area (Å²) in [4.78, 5) is 23.7. The molecule has 2 aliphatic rings. The number of carbonyl (C=O) groups is 1. The predicted molar refractivity (Wildman–Crippen MR) is 117 cm³/mol. The van der Waals surface area contributed by atoms with Crippen LogP contribution in [0.1, 0.15) is 47.8 Å². The third-order valence-electron chi connectivity index (χ3n) is 6.53. The Kier molecular flexibility index (Phi) is 7.44. The van der Waals surface area contributed by atoms with Crippen molar-refractivity contribution < 1.29 is 28.3 Å². The van der Waals surface area contributed by atoms with Crippen molar-refractivity contribution in [2.75, 3.05) is 47.6 Å². The predicted octanol–water partition coefficient (Wildman–Crippen LogP) is 2.31. The summed E-state index contributed by atoms with van der Waals surface area (Å²) in [5.41, 5.74) is 0.235. The summed E-state index contributed by atoms with van der Waals surface area (Å²) in [5, 5.41) is 4.04. The topological polar surface area (TPSA) is 109 Å². The number of amides is 1. The van der Waals surface area contributed by atoms with Crippen LogP contribution in [0.25, 0.3) is 0 Å². The van der Waals surface area contributed by atoms with E-state index in [1.165, 1.54) is 14.2 Å². The maximum atomic E-state index is 13.1. The quantitative estimate of drug-likeness (QED) is 0.586. The average molecular weight is 461 g/mol. The lowest BCUT2D eigenvalue weighted by atomic mass is 9.78. The monoisotopic (exact) mass is 460 g/mol. The first-order valence-electron chi connectivity index (χ1n) is 11.4.